The lowest BCUT2D eigenvalue weighted by molar-refractivity contribution is 0.0732. The number of benzene rings is 1. The van der Waals surface area contributed by atoms with Crippen LogP contribution in [0.25, 0.3) is 0 Å². The molecule has 2 amide bonds. The summed E-state index contributed by atoms with van der Waals surface area (Å²) in [6.45, 7) is 14.2. The van der Waals surface area contributed by atoms with Crippen LogP contribution in [0.2, 0.25) is 0 Å². The number of nitrogens with zero attached hydrogens (tertiary/aromatic N) is 2. The van der Waals surface area contributed by atoms with Crippen LogP contribution in [-0.2, 0) is 0 Å². The van der Waals surface area contributed by atoms with Crippen LogP contribution in [0.1, 0.15) is 59.5 Å². The van der Waals surface area contributed by atoms with E-state index in [2.05, 4.69) is 0 Å². The monoisotopic (exact) mass is 304 g/mol. The Morgan fingerprint density at radius 3 is 1.23 bits per heavy atom. The number of rotatable bonds is 6. The third kappa shape index (κ3) is 3.49. The molecule has 0 spiro atoms. The van der Waals surface area contributed by atoms with E-state index >= 15 is 0 Å². The van der Waals surface area contributed by atoms with Crippen molar-refractivity contribution in [3.63, 3.8) is 0 Å². The van der Waals surface area contributed by atoms with Gasteiger partial charge in [0.05, 0.1) is 11.1 Å². The molecule has 0 aliphatic carbocycles. The minimum atomic E-state index is -0.0540. The van der Waals surface area contributed by atoms with Gasteiger partial charge < -0.3 is 9.80 Å². The summed E-state index contributed by atoms with van der Waals surface area (Å²) in [5.74, 6) is -0.108. The molecule has 0 bridgehead atoms. The van der Waals surface area contributed by atoms with Crippen LogP contribution in [0.4, 0.5) is 0 Å². The normalized spacial score (nSPS) is 10.5. The van der Waals surface area contributed by atoms with Gasteiger partial charge in [0.2, 0.25) is 0 Å². The lowest BCUT2D eigenvalue weighted by atomic mass is 9.95. The van der Waals surface area contributed by atoms with E-state index in [0.717, 1.165) is 11.1 Å². The summed E-state index contributed by atoms with van der Waals surface area (Å²) in [6, 6.07) is 3.84. The Balaban J connectivity index is 3.48. The molecule has 0 aromatic heterocycles. The number of hydrogen-bond acceptors (Lipinski definition) is 2. The molecule has 1 rings (SSSR count). The predicted octanol–water partition coefficient (Wildman–Crippen LogP) is 3.27. The van der Waals surface area contributed by atoms with Gasteiger partial charge in [0.25, 0.3) is 11.8 Å². The van der Waals surface area contributed by atoms with Crippen LogP contribution >= 0.6 is 0 Å². The zero-order chi connectivity index (χ0) is 16.9. The Labute approximate surface area is 134 Å². The maximum atomic E-state index is 12.9. The number of amides is 2. The fourth-order valence-corrected chi connectivity index (χ4v) is 2.70. The zero-order valence-corrected chi connectivity index (χ0v) is 14.7. The molecule has 4 nitrogen and oxygen atoms in total. The summed E-state index contributed by atoms with van der Waals surface area (Å²) in [5, 5.41) is 0. The minimum absolute atomic E-state index is 0.0540. The maximum absolute atomic E-state index is 12.9. The van der Waals surface area contributed by atoms with E-state index in [1.807, 2.05) is 53.7 Å². The molecule has 22 heavy (non-hydrogen) atoms. The summed E-state index contributed by atoms with van der Waals surface area (Å²) < 4.78 is 0. The Bertz CT molecular complexity index is 495. The average Bonchev–Trinajstić information content (AvgIpc) is 2.51. The fourth-order valence-electron chi connectivity index (χ4n) is 2.70. The average molecular weight is 304 g/mol. The maximum Gasteiger partial charge on any atom is 0.254 e. The summed E-state index contributed by atoms with van der Waals surface area (Å²) in [4.78, 5) is 29.2. The van der Waals surface area contributed by atoms with Gasteiger partial charge in [-0.2, -0.15) is 0 Å². The highest BCUT2D eigenvalue weighted by atomic mass is 16.2. The van der Waals surface area contributed by atoms with Gasteiger partial charge in [-0.1, -0.05) is 12.1 Å². The molecule has 0 saturated carbocycles. The standard InChI is InChI=1S/C18H28N2O2/c1-7-19(8-2)17(21)15-13(5)11-12-14(6)16(15)18(22)20(9-3)10-4/h11-12H,7-10H2,1-6H3. The first-order valence-electron chi connectivity index (χ1n) is 8.11. The topological polar surface area (TPSA) is 40.6 Å². The molecule has 4 heteroatoms. The molecular formula is C18H28N2O2. The number of carbonyl (C=O) groups excluding carboxylic acids is 2. The molecule has 0 saturated heterocycles. The van der Waals surface area contributed by atoms with Gasteiger partial charge >= 0.3 is 0 Å². The van der Waals surface area contributed by atoms with Gasteiger partial charge in [-0.25, -0.2) is 0 Å². The van der Waals surface area contributed by atoms with Crippen LogP contribution in [0.3, 0.4) is 0 Å². The molecule has 122 valence electrons. The smallest absolute Gasteiger partial charge is 0.254 e. The second-order valence-electron chi connectivity index (χ2n) is 5.40. The number of carbonyl (C=O) groups is 2. The van der Waals surface area contributed by atoms with E-state index in [4.69, 9.17) is 0 Å². The Morgan fingerprint density at radius 2 is 1.00 bits per heavy atom. The molecule has 0 aliphatic rings. The van der Waals surface area contributed by atoms with Crippen molar-refractivity contribution < 1.29 is 9.59 Å². The Hall–Kier alpha value is -1.84. The first kappa shape index (κ1) is 18.2. The Morgan fingerprint density at radius 1 is 0.727 bits per heavy atom. The van der Waals surface area contributed by atoms with Crippen molar-refractivity contribution in [3.05, 3.63) is 34.4 Å². The highest BCUT2D eigenvalue weighted by Crippen LogP contribution is 2.22. The molecule has 0 N–H and O–H groups in total. The van der Waals surface area contributed by atoms with Crippen molar-refractivity contribution >= 4 is 11.8 Å². The van der Waals surface area contributed by atoms with E-state index in [9.17, 15) is 9.59 Å². The van der Waals surface area contributed by atoms with Crippen molar-refractivity contribution in [2.24, 2.45) is 0 Å². The largest absolute Gasteiger partial charge is 0.339 e. The van der Waals surface area contributed by atoms with Gasteiger partial charge in [-0.05, 0) is 52.7 Å². The van der Waals surface area contributed by atoms with Gasteiger partial charge in [-0.3, -0.25) is 9.59 Å². The molecule has 0 aliphatic heterocycles. The quantitative estimate of drug-likeness (QED) is 0.809. The van der Waals surface area contributed by atoms with Gasteiger partial charge in [-0.15, -0.1) is 0 Å². The molecule has 1 aromatic rings. The molecule has 1 aromatic carbocycles. The van der Waals surface area contributed by atoms with E-state index in [1.165, 1.54) is 0 Å². The first-order chi connectivity index (χ1) is 10.4. The highest BCUT2D eigenvalue weighted by Gasteiger charge is 2.26. The summed E-state index contributed by atoms with van der Waals surface area (Å²) in [5.41, 5.74) is 2.83. The van der Waals surface area contributed by atoms with Crippen LogP contribution in [-0.4, -0.2) is 47.8 Å². The molecule has 0 radical (unpaired) electrons. The van der Waals surface area contributed by atoms with Gasteiger partial charge in [0, 0.05) is 26.2 Å². The van der Waals surface area contributed by atoms with Crippen LogP contribution in [0, 0.1) is 13.8 Å². The van der Waals surface area contributed by atoms with E-state index in [-0.39, 0.29) is 11.8 Å². The van der Waals surface area contributed by atoms with Gasteiger partial charge in [0.15, 0.2) is 0 Å². The molecule has 0 unspecified atom stereocenters. The SMILES string of the molecule is CCN(CC)C(=O)c1c(C)ccc(C)c1C(=O)N(CC)CC. The van der Waals surface area contributed by atoms with Crippen molar-refractivity contribution in [1.29, 1.82) is 0 Å². The Kier molecular flexibility index (Phi) is 6.60. The van der Waals surface area contributed by atoms with Crippen LogP contribution in [0.5, 0.6) is 0 Å². The minimum Gasteiger partial charge on any atom is -0.339 e. The second-order valence-corrected chi connectivity index (χ2v) is 5.40. The number of aryl methyl sites for hydroxylation is 2. The van der Waals surface area contributed by atoms with Gasteiger partial charge in [0.1, 0.15) is 0 Å². The van der Waals surface area contributed by atoms with Crippen molar-refractivity contribution in [2.45, 2.75) is 41.5 Å². The van der Waals surface area contributed by atoms with Crippen molar-refractivity contribution in [1.82, 2.24) is 9.80 Å². The third-order valence-corrected chi connectivity index (χ3v) is 4.15. The summed E-state index contributed by atoms with van der Waals surface area (Å²) >= 11 is 0. The molecule has 0 fully saturated rings. The second kappa shape index (κ2) is 7.97. The fraction of sp³-hybridized carbons (Fsp3) is 0.556. The van der Waals surface area contributed by atoms with E-state index in [1.54, 1.807) is 9.80 Å². The molecule has 0 heterocycles. The highest BCUT2D eigenvalue weighted by molar-refractivity contribution is 6.09. The summed E-state index contributed by atoms with van der Waals surface area (Å²) in [6.07, 6.45) is 0. The van der Waals surface area contributed by atoms with Crippen molar-refractivity contribution in [3.8, 4) is 0 Å². The van der Waals surface area contributed by atoms with Crippen molar-refractivity contribution in [2.75, 3.05) is 26.2 Å². The van der Waals surface area contributed by atoms with E-state index < -0.39 is 0 Å². The number of hydrogen-bond donors (Lipinski definition) is 0. The lowest BCUT2D eigenvalue weighted by Crippen LogP contribution is -2.36. The van der Waals surface area contributed by atoms with Crippen LogP contribution in [0.15, 0.2) is 12.1 Å². The predicted molar refractivity (Wildman–Crippen MR) is 90.4 cm³/mol. The molecule has 0 atom stereocenters. The summed E-state index contributed by atoms with van der Waals surface area (Å²) in [7, 11) is 0. The van der Waals surface area contributed by atoms with E-state index in [0.29, 0.717) is 37.3 Å². The molecular weight excluding hydrogens is 276 g/mol. The third-order valence-electron chi connectivity index (χ3n) is 4.15. The zero-order valence-electron chi connectivity index (χ0n) is 14.7. The first-order valence-corrected chi connectivity index (χ1v) is 8.11. The van der Waals surface area contributed by atoms with Crippen LogP contribution < -0.4 is 0 Å². The lowest BCUT2D eigenvalue weighted by Gasteiger charge is -2.25.